The summed E-state index contributed by atoms with van der Waals surface area (Å²) in [5.74, 6) is 2.16. The van der Waals surface area contributed by atoms with Crippen LogP contribution in [0.5, 0.6) is 0 Å². The molecule has 0 amide bonds. The summed E-state index contributed by atoms with van der Waals surface area (Å²) in [6.07, 6.45) is 9.40. The second kappa shape index (κ2) is 4.56. The Balaban J connectivity index is 1.71. The molecule has 2 heteroatoms. The maximum Gasteiger partial charge on any atom is 0.164 e. The van der Waals surface area contributed by atoms with Gasteiger partial charge in [0.05, 0.1) is 6.10 Å². The third kappa shape index (κ3) is 1.73. The van der Waals surface area contributed by atoms with Gasteiger partial charge in [-0.1, -0.05) is 32.1 Å². The molecule has 6 atom stereocenters. The molecule has 0 aromatic carbocycles. The summed E-state index contributed by atoms with van der Waals surface area (Å²) in [5.41, 5.74) is 2.48. The maximum atomic E-state index is 12.6. The number of rotatable bonds is 0. The van der Waals surface area contributed by atoms with Crippen LogP contribution in [-0.4, -0.2) is 17.0 Å². The van der Waals surface area contributed by atoms with E-state index < -0.39 is 0 Å². The van der Waals surface area contributed by atoms with E-state index >= 15 is 0 Å². The fraction of sp³-hybridized carbons (Fsp3) is 0.750. The number of aliphatic hydroxyl groups excluding tert-OH is 1. The molecule has 120 valence electrons. The molecule has 0 spiro atoms. The fourth-order valence-electron chi connectivity index (χ4n) is 6.38. The number of hydrogen-bond donors (Lipinski definition) is 1. The number of Topliss-reactive ketones (excluding diaryl/α,β-unsaturated/α-hetero) is 1. The average Bonchev–Trinajstić information content (AvgIpc) is 2.72. The van der Waals surface area contributed by atoms with Crippen LogP contribution in [0.25, 0.3) is 0 Å². The zero-order chi connectivity index (χ0) is 15.7. The second-order valence-electron chi connectivity index (χ2n) is 8.75. The van der Waals surface area contributed by atoms with Crippen molar-refractivity contribution < 1.29 is 9.90 Å². The zero-order valence-electron chi connectivity index (χ0n) is 13.9. The summed E-state index contributed by atoms with van der Waals surface area (Å²) < 4.78 is 0. The lowest BCUT2D eigenvalue weighted by Gasteiger charge is -2.56. The van der Waals surface area contributed by atoms with Gasteiger partial charge in [0, 0.05) is 5.41 Å². The number of fused-ring (bicyclic) bond motifs is 5. The molecule has 3 fully saturated rings. The fourth-order valence-corrected chi connectivity index (χ4v) is 6.38. The molecule has 0 radical (unpaired) electrons. The second-order valence-corrected chi connectivity index (χ2v) is 8.75. The molecule has 4 rings (SSSR count). The van der Waals surface area contributed by atoms with Gasteiger partial charge in [0.1, 0.15) is 0 Å². The Morgan fingerprint density at radius 3 is 2.64 bits per heavy atom. The number of allylic oxidation sites excluding steroid dienone is 2. The highest BCUT2D eigenvalue weighted by molar-refractivity contribution is 6.02. The number of aliphatic hydroxyl groups is 1. The van der Waals surface area contributed by atoms with Crippen LogP contribution >= 0.6 is 0 Å². The molecular formula is C20H28O2. The summed E-state index contributed by atoms with van der Waals surface area (Å²) in [7, 11) is 0. The Labute approximate surface area is 133 Å². The monoisotopic (exact) mass is 300 g/mol. The molecule has 3 saturated carbocycles. The van der Waals surface area contributed by atoms with E-state index in [9.17, 15) is 9.90 Å². The number of carbonyl (C=O) groups is 1. The first-order valence-electron chi connectivity index (χ1n) is 8.96. The smallest absolute Gasteiger partial charge is 0.164 e. The minimum absolute atomic E-state index is 0.141. The summed E-state index contributed by atoms with van der Waals surface area (Å²) >= 11 is 0. The number of ketones is 1. The van der Waals surface area contributed by atoms with Gasteiger partial charge in [-0.25, -0.2) is 0 Å². The van der Waals surface area contributed by atoms with E-state index in [4.69, 9.17) is 0 Å². The summed E-state index contributed by atoms with van der Waals surface area (Å²) in [5, 5.41) is 10.0. The Hall–Kier alpha value is -0.890. The van der Waals surface area contributed by atoms with Gasteiger partial charge in [-0.15, -0.1) is 0 Å². The number of carbonyl (C=O) groups excluding carboxylic acids is 1. The van der Waals surface area contributed by atoms with Crippen LogP contribution in [0.4, 0.5) is 0 Å². The minimum atomic E-state index is -0.145. The Morgan fingerprint density at radius 1 is 1.14 bits per heavy atom. The molecular weight excluding hydrogens is 272 g/mol. The van der Waals surface area contributed by atoms with Crippen LogP contribution < -0.4 is 0 Å². The summed E-state index contributed by atoms with van der Waals surface area (Å²) in [6.45, 7) is 8.67. The number of hydrogen-bond acceptors (Lipinski definition) is 2. The highest BCUT2D eigenvalue weighted by atomic mass is 16.3. The first kappa shape index (κ1) is 14.7. The first-order valence-corrected chi connectivity index (χ1v) is 8.96. The summed E-state index contributed by atoms with van der Waals surface area (Å²) in [6, 6.07) is 0. The van der Waals surface area contributed by atoms with E-state index in [1.54, 1.807) is 0 Å². The maximum absolute atomic E-state index is 12.6. The Kier molecular flexibility index (Phi) is 3.05. The normalized spacial score (nSPS) is 51.0. The van der Waals surface area contributed by atoms with Crippen molar-refractivity contribution in [3.63, 3.8) is 0 Å². The van der Waals surface area contributed by atoms with Gasteiger partial charge in [0.2, 0.25) is 0 Å². The predicted octanol–water partition coefficient (Wildman–Crippen LogP) is 4.05. The van der Waals surface area contributed by atoms with Crippen LogP contribution in [0.3, 0.4) is 0 Å². The van der Waals surface area contributed by atoms with E-state index in [1.165, 1.54) is 12.0 Å². The minimum Gasteiger partial charge on any atom is -0.393 e. The summed E-state index contributed by atoms with van der Waals surface area (Å²) in [4.78, 5) is 12.6. The van der Waals surface area contributed by atoms with Crippen molar-refractivity contribution in [1.82, 2.24) is 0 Å². The lowest BCUT2D eigenvalue weighted by atomic mass is 9.48. The molecule has 4 aliphatic rings. The van der Waals surface area contributed by atoms with Crippen LogP contribution in [0.15, 0.2) is 23.8 Å². The topological polar surface area (TPSA) is 37.3 Å². The van der Waals surface area contributed by atoms with E-state index in [2.05, 4.69) is 26.5 Å². The Bertz CT molecular complexity index is 574. The van der Waals surface area contributed by atoms with Gasteiger partial charge < -0.3 is 5.11 Å². The van der Waals surface area contributed by atoms with Gasteiger partial charge in [-0.3, -0.25) is 4.79 Å². The standard InChI is InChI=1S/C20H28O2/c1-12-10-17-15-5-4-13-11-14(21)6-8-19(13,2)16(15)7-9-20(17,3)18(12)22/h4,14-17,21H,1,5-11H2,2-3H3/t14-,15+,16+,17-,19+,20+/m1/s1. The molecule has 0 heterocycles. The van der Waals surface area contributed by atoms with E-state index in [1.807, 2.05) is 0 Å². The largest absolute Gasteiger partial charge is 0.393 e. The van der Waals surface area contributed by atoms with E-state index in [0.717, 1.165) is 44.1 Å². The van der Waals surface area contributed by atoms with Crippen LogP contribution in [0.1, 0.15) is 58.8 Å². The van der Waals surface area contributed by atoms with Gasteiger partial charge >= 0.3 is 0 Å². The molecule has 0 aromatic rings. The van der Waals surface area contributed by atoms with Crippen LogP contribution in [-0.2, 0) is 4.79 Å². The third-order valence-corrected chi connectivity index (χ3v) is 7.77. The highest BCUT2D eigenvalue weighted by Crippen LogP contribution is 2.64. The third-order valence-electron chi connectivity index (χ3n) is 7.77. The predicted molar refractivity (Wildman–Crippen MR) is 87.2 cm³/mol. The molecule has 0 unspecified atom stereocenters. The van der Waals surface area contributed by atoms with Gasteiger partial charge in [-0.2, -0.15) is 0 Å². The molecule has 4 aliphatic carbocycles. The van der Waals surface area contributed by atoms with E-state index in [-0.39, 0.29) is 16.9 Å². The first-order chi connectivity index (χ1) is 10.4. The van der Waals surface area contributed by atoms with Gasteiger partial charge in [0.25, 0.3) is 0 Å². The molecule has 0 bridgehead atoms. The van der Waals surface area contributed by atoms with Crippen LogP contribution in [0.2, 0.25) is 0 Å². The van der Waals surface area contributed by atoms with E-state index in [0.29, 0.717) is 23.5 Å². The molecule has 2 nitrogen and oxygen atoms in total. The zero-order valence-corrected chi connectivity index (χ0v) is 13.9. The highest BCUT2D eigenvalue weighted by Gasteiger charge is 2.59. The van der Waals surface area contributed by atoms with Crippen molar-refractivity contribution in [2.75, 3.05) is 0 Å². The van der Waals surface area contributed by atoms with Crippen molar-refractivity contribution in [2.24, 2.45) is 28.6 Å². The molecule has 0 aliphatic heterocycles. The molecule has 1 N–H and O–H groups in total. The van der Waals surface area contributed by atoms with Crippen molar-refractivity contribution in [1.29, 1.82) is 0 Å². The van der Waals surface area contributed by atoms with Crippen molar-refractivity contribution in [2.45, 2.75) is 64.9 Å². The Morgan fingerprint density at radius 2 is 1.86 bits per heavy atom. The lowest BCUT2D eigenvalue weighted by molar-refractivity contribution is -0.130. The van der Waals surface area contributed by atoms with Crippen molar-refractivity contribution in [3.05, 3.63) is 23.8 Å². The van der Waals surface area contributed by atoms with Gasteiger partial charge in [-0.05, 0) is 73.7 Å². The van der Waals surface area contributed by atoms with Gasteiger partial charge in [0.15, 0.2) is 5.78 Å². The van der Waals surface area contributed by atoms with Crippen molar-refractivity contribution in [3.8, 4) is 0 Å². The average molecular weight is 300 g/mol. The quantitative estimate of drug-likeness (QED) is 0.541. The molecule has 0 saturated heterocycles. The molecule has 0 aromatic heterocycles. The molecule has 22 heavy (non-hydrogen) atoms. The SMILES string of the molecule is C=C1C[C@@H]2[C@H]3CC=C4C[C@H](O)CC[C@]4(C)[C@H]3CC[C@]2(C)C1=O. The van der Waals surface area contributed by atoms with Crippen molar-refractivity contribution >= 4 is 5.78 Å². The van der Waals surface area contributed by atoms with Crippen LogP contribution in [0, 0.1) is 28.6 Å². The lowest BCUT2D eigenvalue weighted by Crippen LogP contribution is -2.50.